The maximum Gasteiger partial charge on any atom is 0.153 e. The molecule has 2 aromatic rings. The SMILES string of the molecule is CN(C)c1cccc(Oc2ccccc2C=O)c1. The van der Waals surface area contributed by atoms with Gasteiger partial charge < -0.3 is 9.64 Å². The molecule has 3 nitrogen and oxygen atoms in total. The van der Waals surface area contributed by atoms with Crippen LogP contribution in [0.4, 0.5) is 5.69 Å². The van der Waals surface area contributed by atoms with Crippen molar-refractivity contribution in [3.05, 3.63) is 54.1 Å². The van der Waals surface area contributed by atoms with Crippen LogP contribution in [0, 0.1) is 0 Å². The number of ether oxygens (including phenoxy) is 1. The van der Waals surface area contributed by atoms with Gasteiger partial charge in [0.05, 0.1) is 5.56 Å². The van der Waals surface area contributed by atoms with E-state index in [2.05, 4.69) is 0 Å². The van der Waals surface area contributed by atoms with Crippen LogP contribution in [-0.2, 0) is 0 Å². The third-order valence-corrected chi connectivity index (χ3v) is 2.61. The van der Waals surface area contributed by atoms with Gasteiger partial charge in [-0.25, -0.2) is 0 Å². The summed E-state index contributed by atoms with van der Waals surface area (Å²) in [5.41, 5.74) is 1.60. The average Bonchev–Trinajstić information content (AvgIpc) is 2.39. The highest BCUT2D eigenvalue weighted by molar-refractivity contribution is 5.79. The Bertz CT molecular complexity index is 550. The van der Waals surface area contributed by atoms with E-state index in [1.807, 2.05) is 55.4 Å². The van der Waals surface area contributed by atoms with Crippen LogP contribution in [0.5, 0.6) is 11.5 Å². The van der Waals surface area contributed by atoms with Crippen LogP contribution in [-0.4, -0.2) is 20.4 Å². The highest BCUT2D eigenvalue weighted by Gasteiger charge is 2.04. The predicted octanol–water partition coefficient (Wildman–Crippen LogP) is 3.36. The van der Waals surface area contributed by atoms with E-state index in [1.54, 1.807) is 12.1 Å². The van der Waals surface area contributed by atoms with Crippen molar-refractivity contribution in [1.29, 1.82) is 0 Å². The Morgan fingerprint density at radius 1 is 1.06 bits per heavy atom. The quantitative estimate of drug-likeness (QED) is 0.769. The molecule has 0 aliphatic heterocycles. The predicted molar refractivity (Wildman–Crippen MR) is 72.7 cm³/mol. The van der Waals surface area contributed by atoms with Gasteiger partial charge in [-0.15, -0.1) is 0 Å². The molecule has 2 aromatic carbocycles. The van der Waals surface area contributed by atoms with Gasteiger partial charge in [-0.2, -0.15) is 0 Å². The molecule has 0 amide bonds. The minimum atomic E-state index is 0.549. The third kappa shape index (κ3) is 2.69. The van der Waals surface area contributed by atoms with Gasteiger partial charge in [0, 0.05) is 25.8 Å². The van der Waals surface area contributed by atoms with Gasteiger partial charge >= 0.3 is 0 Å². The van der Waals surface area contributed by atoms with Gasteiger partial charge in [-0.05, 0) is 24.3 Å². The van der Waals surface area contributed by atoms with Gasteiger partial charge in [-0.1, -0.05) is 18.2 Å². The first-order chi connectivity index (χ1) is 8.70. The lowest BCUT2D eigenvalue weighted by Gasteiger charge is -2.14. The largest absolute Gasteiger partial charge is 0.457 e. The molecule has 0 bridgehead atoms. The Morgan fingerprint density at radius 3 is 2.56 bits per heavy atom. The van der Waals surface area contributed by atoms with Gasteiger partial charge in [0.2, 0.25) is 0 Å². The molecule has 0 saturated carbocycles. The van der Waals surface area contributed by atoms with Crippen molar-refractivity contribution in [1.82, 2.24) is 0 Å². The zero-order valence-corrected chi connectivity index (χ0v) is 10.5. The Morgan fingerprint density at radius 2 is 1.83 bits per heavy atom. The summed E-state index contributed by atoms with van der Waals surface area (Å²) in [5.74, 6) is 1.29. The summed E-state index contributed by atoms with van der Waals surface area (Å²) in [6.45, 7) is 0. The first kappa shape index (κ1) is 12.2. The number of anilines is 1. The normalized spacial score (nSPS) is 9.89. The number of para-hydroxylation sites is 1. The van der Waals surface area contributed by atoms with Crippen molar-refractivity contribution >= 4 is 12.0 Å². The van der Waals surface area contributed by atoms with Crippen molar-refractivity contribution in [3.63, 3.8) is 0 Å². The number of carbonyl (C=O) groups excluding carboxylic acids is 1. The Labute approximate surface area is 107 Å². The topological polar surface area (TPSA) is 29.5 Å². The highest BCUT2D eigenvalue weighted by Crippen LogP contribution is 2.26. The molecule has 0 atom stereocenters. The van der Waals surface area contributed by atoms with Crippen LogP contribution in [0.25, 0.3) is 0 Å². The third-order valence-electron chi connectivity index (χ3n) is 2.61. The lowest BCUT2D eigenvalue weighted by atomic mass is 10.2. The summed E-state index contributed by atoms with van der Waals surface area (Å²) in [7, 11) is 3.94. The molecule has 3 heteroatoms. The molecular weight excluding hydrogens is 226 g/mol. The van der Waals surface area contributed by atoms with Crippen molar-refractivity contribution in [2.45, 2.75) is 0 Å². The lowest BCUT2D eigenvalue weighted by molar-refractivity contribution is 0.112. The number of nitrogens with zero attached hydrogens (tertiary/aromatic N) is 1. The molecule has 0 spiro atoms. The summed E-state index contributed by atoms with van der Waals surface area (Å²) >= 11 is 0. The molecule has 0 aliphatic carbocycles. The monoisotopic (exact) mass is 241 g/mol. The van der Waals surface area contributed by atoms with E-state index in [1.165, 1.54) is 0 Å². The van der Waals surface area contributed by atoms with E-state index in [0.29, 0.717) is 11.3 Å². The fourth-order valence-corrected chi connectivity index (χ4v) is 1.62. The molecule has 0 unspecified atom stereocenters. The molecule has 0 radical (unpaired) electrons. The first-order valence-electron chi connectivity index (χ1n) is 5.70. The Hall–Kier alpha value is -2.29. The Kier molecular flexibility index (Phi) is 3.63. The van der Waals surface area contributed by atoms with Crippen LogP contribution >= 0.6 is 0 Å². The fraction of sp³-hybridized carbons (Fsp3) is 0.133. The number of carbonyl (C=O) groups is 1. The lowest BCUT2D eigenvalue weighted by Crippen LogP contribution is -2.08. The van der Waals surface area contributed by atoms with Gasteiger partial charge in [0.1, 0.15) is 11.5 Å². The minimum Gasteiger partial charge on any atom is -0.457 e. The minimum absolute atomic E-state index is 0.549. The first-order valence-corrected chi connectivity index (χ1v) is 5.70. The number of rotatable bonds is 4. The number of benzene rings is 2. The molecule has 0 saturated heterocycles. The second-order valence-corrected chi connectivity index (χ2v) is 4.15. The van der Waals surface area contributed by atoms with E-state index in [9.17, 15) is 4.79 Å². The smallest absolute Gasteiger partial charge is 0.153 e. The molecule has 18 heavy (non-hydrogen) atoms. The maximum atomic E-state index is 10.9. The van der Waals surface area contributed by atoms with E-state index >= 15 is 0 Å². The number of aldehydes is 1. The van der Waals surface area contributed by atoms with Crippen LogP contribution in [0.2, 0.25) is 0 Å². The zero-order valence-electron chi connectivity index (χ0n) is 10.5. The standard InChI is InChI=1S/C15H15NO2/c1-16(2)13-7-5-8-14(10-13)18-15-9-4-3-6-12(15)11-17/h3-11H,1-2H3. The second-order valence-electron chi connectivity index (χ2n) is 4.15. The zero-order chi connectivity index (χ0) is 13.0. The Balaban J connectivity index is 2.28. The van der Waals surface area contributed by atoms with Crippen LogP contribution in [0.3, 0.4) is 0 Å². The molecule has 0 N–H and O–H groups in total. The number of hydrogen-bond acceptors (Lipinski definition) is 3. The summed E-state index contributed by atoms with van der Waals surface area (Å²) in [6.07, 6.45) is 0.797. The molecular formula is C15H15NO2. The number of hydrogen-bond donors (Lipinski definition) is 0. The van der Waals surface area contributed by atoms with Crippen LogP contribution < -0.4 is 9.64 Å². The molecule has 0 aliphatic rings. The molecule has 0 aromatic heterocycles. The summed E-state index contributed by atoms with van der Waals surface area (Å²) in [4.78, 5) is 12.9. The summed E-state index contributed by atoms with van der Waals surface area (Å²) in [6, 6.07) is 14.9. The average molecular weight is 241 g/mol. The second kappa shape index (κ2) is 5.36. The van der Waals surface area contributed by atoms with E-state index in [0.717, 1.165) is 17.7 Å². The molecule has 0 heterocycles. The van der Waals surface area contributed by atoms with Crippen molar-refractivity contribution in [2.24, 2.45) is 0 Å². The maximum absolute atomic E-state index is 10.9. The molecule has 0 fully saturated rings. The van der Waals surface area contributed by atoms with Gasteiger partial charge in [0.15, 0.2) is 6.29 Å². The van der Waals surface area contributed by atoms with Gasteiger partial charge in [0.25, 0.3) is 0 Å². The highest BCUT2D eigenvalue weighted by atomic mass is 16.5. The van der Waals surface area contributed by atoms with Crippen LogP contribution in [0.15, 0.2) is 48.5 Å². The fourth-order valence-electron chi connectivity index (χ4n) is 1.62. The van der Waals surface area contributed by atoms with Crippen molar-refractivity contribution < 1.29 is 9.53 Å². The van der Waals surface area contributed by atoms with E-state index in [4.69, 9.17) is 4.74 Å². The van der Waals surface area contributed by atoms with E-state index < -0.39 is 0 Å². The van der Waals surface area contributed by atoms with Crippen LogP contribution in [0.1, 0.15) is 10.4 Å². The van der Waals surface area contributed by atoms with E-state index in [-0.39, 0.29) is 0 Å². The molecule has 2 rings (SSSR count). The molecule has 92 valence electrons. The van der Waals surface area contributed by atoms with Crippen molar-refractivity contribution in [2.75, 3.05) is 19.0 Å². The summed E-state index contributed by atoms with van der Waals surface area (Å²) in [5, 5.41) is 0. The van der Waals surface area contributed by atoms with Crippen molar-refractivity contribution in [3.8, 4) is 11.5 Å². The van der Waals surface area contributed by atoms with Gasteiger partial charge in [-0.3, -0.25) is 4.79 Å². The summed E-state index contributed by atoms with van der Waals surface area (Å²) < 4.78 is 5.73.